The van der Waals surface area contributed by atoms with Crippen molar-refractivity contribution >= 4 is 46.6 Å². The van der Waals surface area contributed by atoms with Crippen LogP contribution in [0, 0.1) is 0 Å². The Bertz CT molecular complexity index is 1350. The summed E-state index contributed by atoms with van der Waals surface area (Å²) < 4.78 is 2.11. The van der Waals surface area contributed by atoms with E-state index in [4.69, 9.17) is 23.2 Å². The number of carboxylic acids is 1. The summed E-state index contributed by atoms with van der Waals surface area (Å²) in [5.41, 5.74) is 4.05. The molecule has 1 aliphatic rings. The average Bonchev–Trinajstić information content (AvgIpc) is 3.57. The van der Waals surface area contributed by atoms with E-state index in [1.807, 2.05) is 77.7 Å². The molecule has 6 nitrogen and oxygen atoms in total. The number of halogens is 2. The van der Waals surface area contributed by atoms with Gasteiger partial charge in [-0.2, -0.15) is 0 Å². The van der Waals surface area contributed by atoms with Crippen molar-refractivity contribution in [3.05, 3.63) is 99.8 Å². The van der Waals surface area contributed by atoms with Crippen molar-refractivity contribution in [2.24, 2.45) is 0 Å². The second-order valence-corrected chi connectivity index (χ2v) is 11.2. The van der Waals surface area contributed by atoms with Crippen molar-refractivity contribution in [3.8, 4) is 5.69 Å². The van der Waals surface area contributed by atoms with Crippen LogP contribution in [0.3, 0.4) is 0 Å². The highest BCUT2D eigenvalue weighted by Crippen LogP contribution is 2.41. The number of nitrogens with zero attached hydrogens (tertiary/aromatic N) is 4. The maximum atomic E-state index is 11.7. The number of rotatable bonds is 9. The molecule has 2 heterocycles. The number of aromatic nitrogens is 3. The number of carbonyl (C=O) groups is 1. The third-order valence-corrected chi connectivity index (χ3v) is 8.48. The van der Waals surface area contributed by atoms with Crippen LogP contribution in [0.2, 0.25) is 10.0 Å². The normalized spacial score (nSPS) is 15.4. The molecule has 0 spiro atoms. The number of aliphatic carboxylic acids is 1. The largest absolute Gasteiger partial charge is 0.480 e. The van der Waals surface area contributed by atoms with Gasteiger partial charge in [-0.1, -0.05) is 66.2 Å². The lowest BCUT2D eigenvalue weighted by atomic mass is 10.0. The van der Waals surface area contributed by atoms with E-state index >= 15 is 0 Å². The summed E-state index contributed by atoms with van der Waals surface area (Å²) in [5.74, 6) is 0.114. The van der Waals surface area contributed by atoms with Gasteiger partial charge in [0.15, 0.2) is 5.16 Å². The molecule has 196 valence electrons. The molecule has 0 aliphatic carbocycles. The molecule has 1 aromatic heterocycles. The first kappa shape index (κ1) is 26.6. The predicted octanol–water partition coefficient (Wildman–Crippen LogP) is 7.46. The van der Waals surface area contributed by atoms with Crippen molar-refractivity contribution < 1.29 is 9.90 Å². The molecule has 1 atom stereocenters. The Balaban J connectivity index is 1.51. The molecule has 0 saturated carbocycles. The van der Waals surface area contributed by atoms with E-state index < -0.39 is 12.0 Å². The summed E-state index contributed by atoms with van der Waals surface area (Å²) in [7, 11) is 0. The molecule has 1 fully saturated rings. The molecule has 4 aromatic rings. The second kappa shape index (κ2) is 11.8. The van der Waals surface area contributed by atoms with Gasteiger partial charge in [-0.25, -0.2) is 4.79 Å². The standard InChI is InChI=1S/C29H28Cl2N4O2S/c1-2-4-26-32-33-29(35(26)24-16-14-23(15-17-24)34-18-3-5-25(34)28(36)37)38-27(19-6-10-21(30)11-7-19)20-8-12-22(31)13-9-20/h6-17,25,27H,2-5,18H2,1H3,(H,36,37). The fraction of sp³-hybridized carbons (Fsp3) is 0.276. The molecule has 38 heavy (non-hydrogen) atoms. The lowest BCUT2D eigenvalue weighted by molar-refractivity contribution is -0.138. The first-order valence-corrected chi connectivity index (χ1v) is 14.3. The highest BCUT2D eigenvalue weighted by molar-refractivity contribution is 7.99. The van der Waals surface area contributed by atoms with Gasteiger partial charge in [0.2, 0.25) is 0 Å². The van der Waals surface area contributed by atoms with Gasteiger partial charge in [-0.05, 0) is 78.9 Å². The van der Waals surface area contributed by atoms with Crippen molar-refractivity contribution in [1.82, 2.24) is 14.8 Å². The van der Waals surface area contributed by atoms with Crippen LogP contribution in [0.1, 0.15) is 48.4 Å². The Labute approximate surface area is 236 Å². The van der Waals surface area contributed by atoms with E-state index in [1.54, 1.807) is 11.8 Å². The van der Waals surface area contributed by atoms with Gasteiger partial charge in [-0.15, -0.1) is 10.2 Å². The fourth-order valence-electron chi connectivity index (χ4n) is 4.86. The SMILES string of the molecule is CCCc1nnc(SC(c2ccc(Cl)cc2)c2ccc(Cl)cc2)n1-c1ccc(N2CCCC2C(=O)O)cc1. The van der Waals surface area contributed by atoms with Crippen molar-refractivity contribution in [1.29, 1.82) is 0 Å². The maximum absolute atomic E-state index is 11.7. The van der Waals surface area contributed by atoms with E-state index in [0.717, 1.165) is 59.3 Å². The lowest BCUT2D eigenvalue weighted by Crippen LogP contribution is -2.35. The quantitative estimate of drug-likeness (QED) is 0.212. The summed E-state index contributed by atoms with van der Waals surface area (Å²) >= 11 is 14.0. The number of aryl methyl sites for hydroxylation is 1. The van der Waals surface area contributed by atoms with Crippen molar-refractivity contribution in [2.45, 2.75) is 49.1 Å². The smallest absolute Gasteiger partial charge is 0.326 e. The van der Waals surface area contributed by atoms with Crippen LogP contribution in [0.4, 0.5) is 5.69 Å². The van der Waals surface area contributed by atoms with Crippen LogP contribution >= 0.6 is 35.0 Å². The van der Waals surface area contributed by atoms with Crippen molar-refractivity contribution in [3.63, 3.8) is 0 Å². The predicted molar refractivity (Wildman–Crippen MR) is 154 cm³/mol. The molecule has 1 saturated heterocycles. The second-order valence-electron chi connectivity index (χ2n) is 9.29. The molecule has 5 rings (SSSR count). The average molecular weight is 568 g/mol. The Hall–Kier alpha value is -3.00. The zero-order valence-electron chi connectivity index (χ0n) is 20.9. The maximum Gasteiger partial charge on any atom is 0.326 e. The van der Waals surface area contributed by atoms with Gasteiger partial charge in [0, 0.05) is 34.4 Å². The number of thioether (sulfide) groups is 1. The van der Waals surface area contributed by atoms with E-state index in [9.17, 15) is 9.90 Å². The summed E-state index contributed by atoms with van der Waals surface area (Å²) in [5, 5.41) is 20.9. The third-order valence-electron chi connectivity index (χ3n) is 6.72. The summed E-state index contributed by atoms with van der Waals surface area (Å²) in [6.07, 6.45) is 3.27. The molecule has 0 amide bonds. The molecular formula is C29H28Cl2N4O2S. The lowest BCUT2D eigenvalue weighted by Gasteiger charge is -2.24. The Morgan fingerprint density at radius 2 is 1.53 bits per heavy atom. The summed E-state index contributed by atoms with van der Waals surface area (Å²) in [4.78, 5) is 13.7. The van der Waals surface area contributed by atoms with E-state index in [2.05, 4.69) is 21.7 Å². The monoisotopic (exact) mass is 566 g/mol. The molecule has 0 radical (unpaired) electrons. The van der Waals surface area contributed by atoms with E-state index in [1.165, 1.54) is 0 Å². The zero-order chi connectivity index (χ0) is 26.6. The van der Waals surface area contributed by atoms with Crippen LogP contribution < -0.4 is 4.90 Å². The minimum atomic E-state index is -0.773. The van der Waals surface area contributed by atoms with E-state index in [0.29, 0.717) is 16.5 Å². The topological polar surface area (TPSA) is 71.2 Å². The highest BCUT2D eigenvalue weighted by Gasteiger charge is 2.30. The van der Waals surface area contributed by atoms with Gasteiger partial charge in [0.05, 0.1) is 5.25 Å². The number of benzene rings is 3. The molecule has 1 unspecified atom stereocenters. The minimum Gasteiger partial charge on any atom is -0.480 e. The van der Waals surface area contributed by atoms with Gasteiger partial charge >= 0.3 is 5.97 Å². The Morgan fingerprint density at radius 3 is 2.08 bits per heavy atom. The molecular weight excluding hydrogens is 539 g/mol. The molecule has 0 bridgehead atoms. The van der Waals surface area contributed by atoms with Crippen LogP contribution in [-0.2, 0) is 11.2 Å². The Kier molecular flexibility index (Phi) is 8.27. The highest BCUT2D eigenvalue weighted by atomic mass is 35.5. The van der Waals surface area contributed by atoms with Gasteiger partial charge in [0.25, 0.3) is 0 Å². The number of hydrogen-bond donors (Lipinski definition) is 1. The summed E-state index contributed by atoms with van der Waals surface area (Å²) in [6.45, 7) is 2.87. The van der Waals surface area contributed by atoms with Crippen LogP contribution in [-0.4, -0.2) is 38.4 Å². The van der Waals surface area contributed by atoms with Crippen LogP contribution in [0.5, 0.6) is 0 Å². The first-order valence-electron chi connectivity index (χ1n) is 12.7. The number of hydrogen-bond acceptors (Lipinski definition) is 5. The van der Waals surface area contributed by atoms with Crippen LogP contribution in [0.15, 0.2) is 78.0 Å². The molecule has 9 heteroatoms. The van der Waals surface area contributed by atoms with Gasteiger partial charge in [0.1, 0.15) is 11.9 Å². The van der Waals surface area contributed by atoms with E-state index in [-0.39, 0.29) is 5.25 Å². The third kappa shape index (κ3) is 5.70. The molecule has 1 aliphatic heterocycles. The van der Waals surface area contributed by atoms with Gasteiger partial charge in [-0.3, -0.25) is 4.57 Å². The Morgan fingerprint density at radius 1 is 0.947 bits per heavy atom. The minimum absolute atomic E-state index is 0.0536. The van der Waals surface area contributed by atoms with Gasteiger partial charge < -0.3 is 10.0 Å². The first-order chi connectivity index (χ1) is 18.4. The molecule has 1 N–H and O–H groups in total. The fourth-order valence-corrected chi connectivity index (χ4v) is 6.31. The van der Waals surface area contributed by atoms with Crippen LogP contribution in [0.25, 0.3) is 5.69 Å². The summed E-state index contributed by atoms with van der Waals surface area (Å²) in [6, 6.07) is 23.3. The van der Waals surface area contributed by atoms with Crippen molar-refractivity contribution in [2.75, 3.05) is 11.4 Å². The number of anilines is 1. The molecule has 3 aromatic carbocycles. The number of carboxylic acid groups (broad SMARTS) is 1. The zero-order valence-corrected chi connectivity index (χ0v) is 23.3.